The fourth-order valence-electron chi connectivity index (χ4n) is 1.30. The van der Waals surface area contributed by atoms with Crippen molar-refractivity contribution in [1.29, 1.82) is 0 Å². The highest BCUT2D eigenvalue weighted by molar-refractivity contribution is 9.10. The van der Waals surface area contributed by atoms with E-state index in [0.717, 1.165) is 24.9 Å². The lowest BCUT2D eigenvalue weighted by atomic mass is 9.96. The molecular formula is C12H16BrN5S2. The highest BCUT2D eigenvalue weighted by Gasteiger charge is 2.19. The third-order valence-corrected chi connectivity index (χ3v) is 4.78. The van der Waals surface area contributed by atoms with Gasteiger partial charge in [-0.05, 0) is 27.7 Å². The van der Waals surface area contributed by atoms with Crippen molar-refractivity contribution in [3.05, 3.63) is 16.5 Å². The lowest BCUT2D eigenvalue weighted by Crippen LogP contribution is -2.16. The van der Waals surface area contributed by atoms with Crippen molar-refractivity contribution in [3.8, 4) is 0 Å². The van der Waals surface area contributed by atoms with Crippen LogP contribution in [-0.2, 0) is 5.41 Å². The maximum Gasteiger partial charge on any atom is 0.208 e. The van der Waals surface area contributed by atoms with Crippen LogP contribution in [0.2, 0.25) is 0 Å². The average Bonchev–Trinajstić information content (AvgIpc) is 2.75. The van der Waals surface area contributed by atoms with Gasteiger partial charge in [0.2, 0.25) is 5.13 Å². The topological polar surface area (TPSA) is 54.8 Å². The Balaban J connectivity index is 2.26. The molecule has 0 spiro atoms. The molecule has 108 valence electrons. The third kappa shape index (κ3) is 3.89. The predicted octanol–water partition coefficient (Wildman–Crippen LogP) is 3.61. The van der Waals surface area contributed by atoms with Crippen molar-refractivity contribution >= 4 is 44.2 Å². The van der Waals surface area contributed by atoms with Gasteiger partial charge in [0.05, 0.1) is 0 Å². The second kappa shape index (κ2) is 5.95. The first-order valence-electron chi connectivity index (χ1n) is 5.99. The summed E-state index contributed by atoms with van der Waals surface area (Å²) in [7, 11) is 3.90. The zero-order valence-electron chi connectivity index (χ0n) is 12.0. The molecule has 0 aliphatic carbocycles. The lowest BCUT2D eigenvalue weighted by molar-refractivity contribution is 0.536. The molecule has 0 N–H and O–H groups in total. The molecule has 2 heterocycles. The van der Waals surface area contributed by atoms with Gasteiger partial charge < -0.3 is 4.90 Å². The largest absolute Gasteiger partial charge is 0.353 e. The second-order valence-corrected chi connectivity index (χ2v) is 8.49. The molecule has 0 amide bonds. The molecule has 0 aliphatic heterocycles. The molecule has 5 nitrogen and oxygen atoms in total. The van der Waals surface area contributed by atoms with Gasteiger partial charge in [-0.1, -0.05) is 32.1 Å². The van der Waals surface area contributed by atoms with Gasteiger partial charge in [0, 0.05) is 25.6 Å². The smallest absolute Gasteiger partial charge is 0.208 e. The van der Waals surface area contributed by atoms with Crippen LogP contribution in [-0.4, -0.2) is 34.3 Å². The molecule has 0 unspecified atom stereocenters. The Morgan fingerprint density at radius 1 is 1.20 bits per heavy atom. The van der Waals surface area contributed by atoms with Crippen LogP contribution < -0.4 is 4.90 Å². The minimum absolute atomic E-state index is 0.0883. The number of hydrogen-bond donors (Lipinski definition) is 0. The summed E-state index contributed by atoms with van der Waals surface area (Å²) in [5, 5.41) is 10.1. The summed E-state index contributed by atoms with van der Waals surface area (Å²) in [5.74, 6) is 0.812. The highest BCUT2D eigenvalue weighted by Crippen LogP contribution is 2.33. The van der Waals surface area contributed by atoms with Crippen molar-refractivity contribution in [2.75, 3.05) is 19.0 Å². The minimum atomic E-state index is -0.0883. The van der Waals surface area contributed by atoms with Crippen LogP contribution in [0.25, 0.3) is 0 Å². The zero-order valence-corrected chi connectivity index (χ0v) is 15.2. The van der Waals surface area contributed by atoms with Gasteiger partial charge in [0.25, 0.3) is 0 Å². The Kier molecular flexibility index (Phi) is 4.66. The third-order valence-electron chi connectivity index (χ3n) is 2.31. The van der Waals surface area contributed by atoms with E-state index in [4.69, 9.17) is 0 Å². The molecule has 2 aromatic rings. The summed E-state index contributed by atoms with van der Waals surface area (Å²) in [6.07, 6.45) is 0. The summed E-state index contributed by atoms with van der Waals surface area (Å²) < 4.78 is 1.66. The van der Waals surface area contributed by atoms with Gasteiger partial charge in [-0.2, -0.15) is 0 Å². The van der Waals surface area contributed by atoms with E-state index in [9.17, 15) is 0 Å². The number of anilines is 1. The zero-order chi connectivity index (χ0) is 14.9. The van der Waals surface area contributed by atoms with Crippen LogP contribution in [0, 0.1) is 0 Å². The monoisotopic (exact) mass is 373 g/mol. The van der Waals surface area contributed by atoms with Crippen LogP contribution in [0.4, 0.5) is 5.13 Å². The molecular weight excluding hydrogens is 358 g/mol. The van der Waals surface area contributed by atoms with E-state index in [2.05, 4.69) is 56.9 Å². The van der Waals surface area contributed by atoms with Crippen molar-refractivity contribution in [1.82, 2.24) is 20.2 Å². The first-order valence-corrected chi connectivity index (χ1v) is 8.42. The van der Waals surface area contributed by atoms with Gasteiger partial charge in [-0.3, -0.25) is 0 Å². The lowest BCUT2D eigenvalue weighted by Gasteiger charge is -2.17. The molecule has 0 bridgehead atoms. The predicted molar refractivity (Wildman–Crippen MR) is 86.8 cm³/mol. The quantitative estimate of drug-likeness (QED) is 0.765. The standard InChI is InChI=1S/C12H16BrN5S2/c1-12(2,3)9-14-7(13)6-8(15-9)19-11-17-16-10(20-11)18(4)5/h6H,1-5H3. The molecule has 0 fully saturated rings. The molecule has 0 radical (unpaired) electrons. The summed E-state index contributed by atoms with van der Waals surface area (Å²) in [4.78, 5) is 11.0. The van der Waals surface area contributed by atoms with Gasteiger partial charge in [0.1, 0.15) is 15.5 Å². The van der Waals surface area contributed by atoms with Gasteiger partial charge in [0.15, 0.2) is 4.34 Å². The SMILES string of the molecule is CN(C)c1nnc(Sc2cc(Br)nc(C(C)(C)C)n2)s1. The first kappa shape index (κ1) is 15.7. The number of aromatic nitrogens is 4. The maximum absolute atomic E-state index is 4.60. The van der Waals surface area contributed by atoms with Gasteiger partial charge >= 0.3 is 0 Å². The maximum atomic E-state index is 4.60. The van der Waals surface area contributed by atoms with Crippen LogP contribution in [0.3, 0.4) is 0 Å². The molecule has 20 heavy (non-hydrogen) atoms. The molecule has 0 aromatic carbocycles. The summed E-state index contributed by atoms with van der Waals surface area (Å²) in [6.45, 7) is 6.29. The Bertz CT molecular complexity index is 606. The normalized spacial score (nSPS) is 11.7. The van der Waals surface area contributed by atoms with Gasteiger partial charge in [-0.25, -0.2) is 9.97 Å². The van der Waals surface area contributed by atoms with E-state index in [1.165, 1.54) is 11.8 Å². The van der Waals surface area contributed by atoms with Crippen molar-refractivity contribution in [2.24, 2.45) is 0 Å². The second-order valence-electron chi connectivity index (χ2n) is 5.45. The number of hydrogen-bond acceptors (Lipinski definition) is 7. The highest BCUT2D eigenvalue weighted by atomic mass is 79.9. The van der Waals surface area contributed by atoms with E-state index < -0.39 is 0 Å². The molecule has 0 atom stereocenters. The molecule has 2 aromatic heterocycles. The molecule has 8 heteroatoms. The van der Waals surface area contributed by atoms with Crippen LogP contribution in [0.1, 0.15) is 26.6 Å². The number of nitrogens with zero attached hydrogens (tertiary/aromatic N) is 5. The molecule has 0 saturated carbocycles. The van der Waals surface area contributed by atoms with Crippen LogP contribution >= 0.6 is 39.0 Å². The summed E-state index contributed by atoms with van der Waals surface area (Å²) >= 11 is 6.50. The van der Waals surface area contributed by atoms with Crippen molar-refractivity contribution in [2.45, 2.75) is 35.6 Å². The Morgan fingerprint density at radius 3 is 2.45 bits per heavy atom. The molecule has 2 rings (SSSR count). The fraction of sp³-hybridized carbons (Fsp3) is 0.500. The average molecular weight is 374 g/mol. The van der Waals surface area contributed by atoms with Crippen LogP contribution in [0.15, 0.2) is 20.0 Å². The Hall–Kier alpha value is -0.730. The van der Waals surface area contributed by atoms with E-state index in [-0.39, 0.29) is 5.41 Å². The van der Waals surface area contributed by atoms with Crippen molar-refractivity contribution in [3.63, 3.8) is 0 Å². The Morgan fingerprint density at radius 2 is 1.90 bits per heavy atom. The van der Waals surface area contributed by atoms with E-state index in [1.54, 1.807) is 11.3 Å². The van der Waals surface area contributed by atoms with E-state index in [1.807, 2.05) is 25.1 Å². The van der Waals surface area contributed by atoms with E-state index in [0.29, 0.717) is 0 Å². The van der Waals surface area contributed by atoms with E-state index >= 15 is 0 Å². The van der Waals surface area contributed by atoms with Crippen LogP contribution in [0.5, 0.6) is 0 Å². The molecule has 0 aliphatic rings. The first-order chi connectivity index (χ1) is 9.25. The Labute approximate surface area is 135 Å². The van der Waals surface area contributed by atoms with Crippen molar-refractivity contribution < 1.29 is 0 Å². The summed E-state index contributed by atoms with van der Waals surface area (Å²) in [5.41, 5.74) is -0.0883. The minimum Gasteiger partial charge on any atom is -0.353 e. The fourth-order valence-corrected chi connectivity index (χ4v) is 3.55. The summed E-state index contributed by atoms with van der Waals surface area (Å²) in [6, 6.07) is 1.90. The number of halogens is 1. The molecule has 0 saturated heterocycles. The van der Waals surface area contributed by atoms with Gasteiger partial charge in [-0.15, -0.1) is 10.2 Å². The number of rotatable bonds is 3.